The minimum atomic E-state index is -0.793. The van der Waals surface area contributed by atoms with E-state index in [1.807, 2.05) is 17.5 Å². The Labute approximate surface area is 74.8 Å². The monoisotopic (exact) mass is 185 g/mol. The van der Waals surface area contributed by atoms with Crippen LogP contribution >= 0.6 is 11.3 Å². The Morgan fingerprint density at radius 2 is 2.50 bits per heavy atom. The molecule has 0 spiro atoms. The van der Waals surface area contributed by atoms with Crippen LogP contribution in [0.4, 0.5) is 0 Å². The predicted octanol–water partition coefficient (Wildman–Crippen LogP) is 1.27. The summed E-state index contributed by atoms with van der Waals surface area (Å²) in [6.45, 7) is 0.396. The van der Waals surface area contributed by atoms with E-state index in [1.165, 1.54) is 0 Å². The van der Waals surface area contributed by atoms with E-state index in [2.05, 4.69) is 0 Å². The summed E-state index contributed by atoms with van der Waals surface area (Å²) >= 11 is 1.55. The predicted molar refractivity (Wildman–Crippen MR) is 48.4 cm³/mol. The summed E-state index contributed by atoms with van der Waals surface area (Å²) in [5, 5.41) is 10.5. The van der Waals surface area contributed by atoms with Crippen LogP contribution in [0.5, 0.6) is 0 Å². The fraction of sp³-hybridized carbons (Fsp3) is 0.375. The topological polar surface area (TPSA) is 63.3 Å². The number of aliphatic carboxylic acids is 1. The van der Waals surface area contributed by atoms with Crippen molar-refractivity contribution in [1.82, 2.24) is 0 Å². The molecule has 0 aliphatic carbocycles. The average molecular weight is 185 g/mol. The first kappa shape index (κ1) is 9.22. The lowest BCUT2D eigenvalue weighted by Crippen LogP contribution is -2.15. The summed E-state index contributed by atoms with van der Waals surface area (Å²) in [4.78, 5) is 11.5. The van der Waals surface area contributed by atoms with Gasteiger partial charge in [0.15, 0.2) is 0 Å². The van der Waals surface area contributed by atoms with Crippen molar-refractivity contribution in [3.05, 3.63) is 22.4 Å². The summed E-state index contributed by atoms with van der Waals surface area (Å²) in [6, 6.07) is 3.83. The highest BCUT2D eigenvalue weighted by molar-refractivity contribution is 7.10. The number of thiophene rings is 1. The Morgan fingerprint density at radius 3 is 2.92 bits per heavy atom. The second-order valence-electron chi connectivity index (χ2n) is 2.55. The molecule has 1 rings (SSSR count). The lowest BCUT2D eigenvalue weighted by molar-refractivity contribution is -0.137. The molecule has 4 heteroatoms. The fourth-order valence-corrected chi connectivity index (χ4v) is 1.88. The number of carboxylic acid groups (broad SMARTS) is 1. The van der Waals surface area contributed by atoms with Gasteiger partial charge < -0.3 is 10.8 Å². The average Bonchev–Trinajstić information content (AvgIpc) is 2.51. The molecule has 0 unspecified atom stereocenters. The van der Waals surface area contributed by atoms with Gasteiger partial charge >= 0.3 is 5.97 Å². The van der Waals surface area contributed by atoms with Crippen LogP contribution in [0.15, 0.2) is 17.5 Å². The maximum Gasteiger partial charge on any atom is 0.304 e. The van der Waals surface area contributed by atoms with E-state index in [0.717, 1.165) is 4.88 Å². The molecule has 0 aromatic carbocycles. The van der Waals surface area contributed by atoms with Crippen LogP contribution in [0.25, 0.3) is 0 Å². The quantitative estimate of drug-likeness (QED) is 0.742. The van der Waals surface area contributed by atoms with Crippen LogP contribution in [-0.2, 0) is 4.79 Å². The highest BCUT2D eigenvalue weighted by Crippen LogP contribution is 2.22. The normalized spacial score (nSPS) is 12.8. The Bertz CT molecular complexity index is 246. The van der Waals surface area contributed by atoms with Crippen LogP contribution in [0, 0.1) is 0 Å². The van der Waals surface area contributed by atoms with Gasteiger partial charge in [0.05, 0.1) is 6.42 Å². The van der Waals surface area contributed by atoms with Gasteiger partial charge in [-0.3, -0.25) is 4.79 Å². The van der Waals surface area contributed by atoms with Crippen LogP contribution in [0.2, 0.25) is 0 Å². The summed E-state index contributed by atoms with van der Waals surface area (Å²) < 4.78 is 0. The zero-order valence-corrected chi connectivity index (χ0v) is 7.38. The van der Waals surface area contributed by atoms with Gasteiger partial charge in [0.1, 0.15) is 0 Å². The third kappa shape index (κ3) is 2.32. The van der Waals surface area contributed by atoms with Gasteiger partial charge in [-0.15, -0.1) is 11.3 Å². The molecule has 0 aliphatic heterocycles. The van der Waals surface area contributed by atoms with Crippen LogP contribution < -0.4 is 5.73 Å². The smallest absolute Gasteiger partial charge is 0.304 e. The van der Waals surface area contributed by atoms with Gasteiger partial charge in [-0.2, -0.15) is 0 Å². The molecule has 0 aliphatic rings. The molecule has 0 bridgehead atoms. The first-order chi connectivity index (χ1) is 5.74. The van der Waals surface area contributed by atoms with Crippen molar-refractivity contribution in [3.63, 3.8) is 0 Å². The van der Waals surface area contributed by atoms with E-state index in [1.54, 1.807) is 11.3 Å². The van der Waals surface area contributed by atoms with E-state index in [4.69, 9.17) is 10.8 Å². The maximum absolute atomic E-state index is 10.4. The summed E-state index contributed by atoms with van der Waals surface area (Å²) in [5.41, 5.74) is 5.46. The summed E-state index contributed by atoms with van der Waals surface area (Å²) in [7, 11) is 0. The molecule has 0 saturated carbocycles. The molecule has 12 heavy (non-hydrogen) atoms. The molecule has 66 valence electrons. The lowest BCUT2D eigenvalue weighted by Gasteiger charge is -2.08. The third-order valence-electron chi connectivity index (χ3n) is 1.65. The van der Waals surface area contributed by atoms with Crippen molar-refractivity contribution in [3.8, 4) is 0 Å². The van der Waals surface area contributed by atoms with Crippen molar-refractivity contribution in [2.75, 3.05) is 6.54 Å². The number of hydrogen-bond donors (Lipinski definition) is 2. The highest BCUT2D eigenvalue weighted by Gasteiger charge is 2.14. The molecule has 0 saturated heterocycles. The molecule has 0 fully saturated rings. The van der Waals surface area contributed by atoms with Gasteiger partial charge in [-0.05, 0) is 11.4 Å². The number of rotatable bonds is 4. The minimum absolute atomic E-state index is 0.0255. The zero-order valence-electron chi connectivity index (χ0n) is 6.56. The third-order valence-corrected chi connectivity index (χ3v) is 2.69. The van der Waals surface area contributed by atoms with Crippen molar-refractivity contribution >= 4 is 17.3 Å². The standard InChI is InChI=1S/C8H11NO2S/c9-5-6(4-8(10)11)7-2-1-3-12-7/h1-3,6H,4-5,9H2,(H,10,11)/t6-/m0/s1. The van der Waals surface area contributed by atoms with Gasteiger partial charge in [-0.1, -0.05) is 6.07 Å². The molecule has 1 aromatic heterocycles. The van der Waals surface area contributed by atoms with Crippen molar-refractivity contribution in [2.45, 2.75) is 12.3 Å². The highest BCUT2D eigenvalue weighted by atomic mass is 32.1. The SMILES string of the molecule is NC[C@H](CC(=O)O)c1cccs1. The first-order valence-electron chi connectivity index (χ1n) is 3.69. The molecule has 0 amide bonds. The molecule has 1 heterocycles. The number of hydrogen-bond acceptors (Lipinski definition) is 3. The van der Waals surface area contributed by atoms with Crippen molar-refractivity contribution < 1.29 is 9.90 Å². The Hall–Kier alpha value is -0.870. The van der Waals surface area contributed by atoms with E-state index in [9.17, 15) is 4.79 Å². The molecule has 1 atom stereocenters. The number of carbonyl (C=O) groups is 1. The second kappa shape index (κ2) is 4.23. The first-order valence-corrected chi connectivity index (χ1v) is 4.57. The van der Waals surface area contributed by atoms with Gasteiger partial charge in [-0.25, -0.2) is 0 Å². The lowest BCUT2D eigenvalue weighted by atomic mass is 10.0. The van der Waals surface area contributed by atoms with Crippen molar-refractivity contribution in [1.29, 1.82) is 0 Å². The zero-order chi connectivity index (χ0) is 8.97. The Kier molecular flexibility index (Phi) is 3.25. The molecule has 0 radical (unpaired) electrons. The van der Waals surface area contributed by atoms with Gasteiger partial charge in [0, 0.05) is 17.3 Å². The molecular weight excluding hydrogens is 174 g/mol. The molecular formula is C8H11NO2S. The molecule has 1 aromatic rings. The maximum atomic E-state index is 10.4. The van der Waals surface area contributed by atoms with Crippen LogP contribution in [0.1, 0.15) is 17.2 Å². The van der Waals surface area contributed by atoms with Crippen molar-refractivity contribution in [2.24, 2.45) is 5.73 Å². The number of carboxylic acids is 1. The van der Waals surface area contributed by atoms with E-state index in [-0.39, 0.29) is 12.3 Å². The fourth-order valence-electron chi connectivity index (χ4n) is 1.03. The largest absolute Gasteiger partial charge is 0.481 e. The summed E-state index contributed by atoms with van der Waals surface area (Å²) in [6.07, 6.45) is 0.122. The van der Waals surface area contributed by atoms with Crippen LogP contribution in [0.3, 0.4) is 0 Å². The summed E-state index contributed by atoms with van der Waals surface area (Å²) in [5.74, 6) is -0.818. The van der Waals surface area contributed by atoms with E-state index >= 15 is 0 Å². The van der Waals surface area contributed by atoms with Crippen LogP contribution in [-0.4, -0.2) is 17.6 Å². The number of nitrogens with two attached hydrogens (primary N) is 1. The van der Waals surface area contributed by atoms with Gasteiger partial charge in [0.2, 0.25) is 0 Å². The second-order valence-corrected chi connectivity index (χ2v) is 3.53. The minimum Gasteiger partial charge on any atom is -0.481 e. The molecule has 3 nitrogen and oxygen atoms in total. The van der Waals surface area contributed by atoms with Gasteiger partial charge in [0.25, 0.3) is 0 Å². The Balaban J connectivity index is 2.63. The van der Waals surface area contributed by atoms with E-state index in [0.29, 0.717) is 6.54 Å². The Morgan fingerprint density at radius 1 is 1.75 bits per heavy atom. The van der Waals surface area contributed by atoms with E-state index < -0.39 is 5.97 Å². The molecule has 3 N–H and O–H groups in total.